The zero-order valence-corrected chi connectivity index (χ0v) is 14.9. The summed E-state index contributed by atoms with van der Waals surface area (Å²) < 4.78 is 23.7. The lowest BCUT2D eigenvalue weighted by Crippen LogP contribution is -2.22. The van der Waals surface area contributed by atoms with Crippen LogP contribution in [0.15, 0.2) is 72.8 Å². The first-order valence-electron chi connectivity index (χ1n) is 8.52. The van der Waals surface area contributed by atoms with Crippen LogP contribution in [0.1, 0.15) is 21.5 Å². The Morgan fingerprint density at radius 3 is 2.33 bits per heavy atom. The highest BCUT2D eigenvalue weighted by Gasteiger charge is 2.07. The van der Waals surface area contributed by atoms with Crippen molar-refractivity contribution in [1.29, 1.82) is 0 Å². The molecule has 3 rings (SSSR count). The first kappa shape index (κ1) is 18.5. The number of carbonyl (C=O) groups excluding carboxylic acids is 1. The molecule has 0 aliphatic carbocycles. The molecule has 3 aromatic rings. The summed E-state index contributed by atoms with van der Waals surface area (Å²) in [5, 5.41) is 2.88. The van der Waals surface area contributed by atoms with E-state index < -0.39 is 0 Å². The summed E-state index contributed by atoms with van der Waals surface area (Å²) in [6.45, 7) is 0.723. The lowest BCUT2D eigenvalue weighted by molar-refractivity contribution is 0.0950. The van der Waals surface area contributed by atoms with E-state index in [4.69, 9.17) is 9.47 Å². The molecule has 0 saturated heterocycles. The highest BCUT2D eigenvalue weighted by molar-refractivity contribution is 5.94. The molecule has 4 nitrogen and oxygen atoms in total. The van der Waals surface area contributed by atoms with Crippen molar-refractivity contribution in [2.45, 2.75) is 13.2 Å². The molecular weight excluding hydrogens is 345 g/mol. The van der Waals surface area contributed by atoms with Crippen molar-refractivity contribution >= 4 is 5.91 Å². The van der Waals surface area contributed by atoms with E-state index in [1.807, 2.05) is 24.3 Å². The van der Waals surface area contributed by atoms with Gasteiger partial charge in [-0.25, -0.2) is 4.39 Å². The molecule has 0 aromatic heterocycles. The second-order valence-corrected chi connectivity index (χ2v) is 5.97. The van der Waals surface area contributed by atoms with Crippen LogP contribution in [0.4, 0.5) is 4.39 Å². The molecule has 0 bridgehead atoms. The fourth-order valence-corrected chi connectivity index (χ4v) is 2.50. The second-order valence-electron chi connectivity index (χ2n) is 5.97. The first-order valence-corrected chi connectivity index (χ1v) is 8.52. The number of benzene rings is 3. The topological polar surface area (TPSA) is 47.6 Å². The number of halogens is 1. The number of ether oxygens (including phenoxy) is 2. The highest BCUT2D eigenvalue weighted by atomic mass is 19.1. The fourth-order valence-electron chi connectivity index (χ4n) is 2.50. The van der Waals surface area contributed by atoms with Crippen molar-refractivity contribution in [1.82, 2.24) is 5.32 Å². The highest BCUT2D eigenvalue weighted by Crippen LogP contribution is 2.16. The molecule has 0 spiro atoms. The monoisotopic (exact) mass is 365 g/mol. The van der Waals surface area contributed by atoms with Gasteiger partial charge in [0.1, 0.15) is 23.9 Å². The molecule has 1 N–H and O–H groups in total. The third-order valence-electron chi connectivity index (χ3n) is 4.03. The van der Waals surface area contributed by atoms with E-state index in [1.165, 1.54) is 12.1 Å². The maximum atomic E-state index is 12.9. The summed E-state index contributed by atoms with van der Waals surface area (Å²) in [6.07, 6.45) is 0. The molecule has 5 heteroatoms. The Hall–Kier alpha value is -3.34. The van der Waals surface area contributed by atoms with Gasteiger partial charge in [0, 0.05) is 12.1 Å². The summed E-state index contributed by atoms with van der Waals surface area (Å²) in [4.78, 5) is 12.4. The van der Waals surface area contributed by atoms with Gasteiger partial charge in [-0.2, -0.15) is 0 Å². The van der Waals surface area contributed by atoms with Crippen molar-refractivity contribution in [3.63, 3.8) is 0 Å². The zero-order chi connectivity index (χ0) is 19.1. The Labute approximate surface area is 157 Å². The lowest BCUT2D eigenvalue weighted by Gasteiger charge is -2.09. The SMILES string of the molecule is COc1ccc(CNC(=O)c2cccc(OCc3ccc(F)cc3)c2)cc1. The van der Waals surface area contributed by atoms with Gasteiger partial charge in [-0.1, -0.05) is 30.3 Å². The Bertz CT molecular complexity index is 892. The largest absolute Gasteiger partial charge is 0.497 e. The van der Waals surface area contributed by atoms with Crippen LogP contribution in [-0.2, 0) is 13.2 Å². The maximum Gasteiger partial charge on any atom is 0.251 e. The van der Waals surface area contributed by atoms with Crippen LogP contribution >= 0.6 is 0 Å². The van der Waals surface area contributed by atoms with Crippen molar-refractivity contribution in [2.24, 2.45) is 0 Å². The van der Waals surface area contributed by atoms with E-state index in [1.54, 1.807) is 43.5 Å². The van der Waals surface area contributed by atoms with Crippen LogP contribution in [0.3, 0.4) is 0 Å². The van der Waals surface area contributed by atoms with Crippen molar-refractivity contribution in [3.05, 3.63) is 95.3 Å². The van der Waals surface area contributed by atoms with Gasteiger partial charge in [0.2, 0.25) is 0 Å². The van der Waals surface area contributed by atoms with Crippen LogP contribution in [0.5, 0.6) is 11.5 Å². The average Bonchev–Trinajstić information content (AvgIpc) is 2.72. The molecule has 138 valence electrons. The second kappa shape index (κ2) is 8.85. The van der Waals surface area contributed by atoms with Gasteiger partial charge in [-0.15, -0.1) is 0 Å². The maximum absolute atomic E-state index is 12.9. The molecule has 27 heavy (non-hydrogen) atoms. The van der Waals surface area contributed by atoms with Crippen LogP contribution in [0, 0.1) is 5.82 Å². The van der Waals surface area contributed by atoms with Crippen molar-refractivity contribution in [2.75, 3.05) is 7.11 Å². The number of carbonyl (C=O) groups is 1. The average molecular weight is 365 g/mol. The summed E-state index contributed by atoms with van der Waals surface area (Å²) in [5.74, 6) is 0.889. The van der Waals surface area contributed by atoms with Crippen molar-refractivity contribution < 1.29 is 18.7 Å². The van der Waals surface area contributed by atoms with Gasteiger partial charge in [0.05, 0.1) is 7.11 Å². The minimum Gasteiger partial charge on any atom is -0.497 e. The Balaban J connectivity index is 1.56. The predicted octanol–water partition coefficient (Wildman–Crippen LogP) is 4.34. The van der Waals surface area contributed by atoms with Gasteiger partial charge in [0.25, 0.3) is 5.91 Å². The number of rotatable bonds is 7. The van der Waals surface area contributed by atoms with Crippen LogP contribution < -0.4 is 14.8 Å². The number of hydrogen-bond acceptors (Lipinski definition) is 3. The summed E-state index contributed by atoms with van der Waals surface area (Å²) in [7, 11) is 1.61. The minimum absolute atomic E-state index is 0.182. The normalized spacial score (nSPS) is 10.3. The quantitative estimate of drug-likeness (QED) is 0.677. The Morgan fingerprint density at radius 1 is 0.926 bits per heavy atom. The van der Waals surface area contributed by atoms with Crippen LogP contribution in [-0.4, -0.2) is 13.0 Å². The molecule has 0 atom stereocenters. The van der Waals surface area contributed by atoms with Crippen LogP contribution in [0.25, 0.3) is 0 Å². The van der Waals surface area contributed by atoms with Gasteiger partial charge < -0.3 is 14.8 Å². The van der Waals surface area contributed by atoms with Crippen molar-refractivity contribution in [3.8, 4) is 11.5 Å². The summed E-state index contributed by atoms with van der Waals surface area (Å²) in [5.41, 5.74) is 2.35. The predicted molar refractivity (Wildman–Crippen MR) is 101 cm³/mol. The molecule has 0 aliphatic heterocycles. The molecule has 1 amide bonds. The number of amides is 1. The van der Waals surface area contributed by atoms with E-state index in [2.05, 4.69) is 5.32 Å². The van der Waals surface area contributed by atoms with E-state index in [-0.39, 0.29) is 11.7 Å². The van der Waals surface area contributed by atoms with Gasteiger partial charge in [0.15, 0.2) is 0 Å². The molecule has 0 heterocycles. The molecule has 3 aromatic carbocycles. The van der Waals surface area contributed by atoms with E-state index in [0.29, 0.717) is 24.5 Å². The number of nitrogens with one attached hydrogen (secondary N) is 1. The molecule has 0 unspecified atom stereocenters. The van der Waals surface area contributed by atoms with Crippen LogP contribution in [0.2, 0.25) is 0 Å². The smallest absolute Gasteiger partial charge is 0.251 e. The molecular formula is C22H20FNO3. The molecule has 0 aliphatic rings. The van der Waals surface area contributed by atoms with E-state index in [9.17, 15) is 9.18 Å². The molecule has 0 fully saturated rings. The minimum atomic E-state index is -0.283. The van der Waals surface area contributed by atoms with Gasteiger partial charge in [-0.05, 0) is 53.6 Å². The molecule has 0 saturated carbocycles. The van der Waals surface area contributed by atoms with Gasteiger partial charge in [-0.3, -0.25) is 4.79 Å². The standard InChI is InChI=1S/C22H20FNO3/c1-26-20-11-7-16(8-12-20)14-24-22(25)18-3-2-4-21(13-18)27-15-17-5-9-19(23)10-6-17/h2-13H,14-15H2,1H3,(H,24,25). The number of methoxy groups -OCH3 is 1. The van der Waals surface area contributed by atoms with E-state index >= 15 is 0 Å². The molecule has 0 radical (unpaired) electrons. The number of hydrogen-bond donors (Lipinski definition) is 1. The first-order chi connectivity index (χ1) is 13.1. The lowest BCUT2D eigenvalue weighted by atomic mass is 10.1. The fraction of sp³-hybridized carbons (Fsp3) is 0.136. The Kier molecular flexibility index (Phi) is 6.05. The Morgan fingerprint density at radius 2 is 1.63 bits per heavy atom. The van der Waals surface area contributed by atoms with E-state index in [0.717, 1.165) is 16.9 Å². The third kappa shape index (κ3) is 5.31. The zero-order valence-electron chi connectivity index (χ0n) is 14.9. The third-order valence-corrected chi connectivity index (χ3v) is 4.03. The van der Waals surface area contributed by atoms with Gasteiger partial charge >= 0.3 is 0 Å². The summed E-state index contributed by atoms with van der Waals surface area (Å²) >= 11 is 0. The summed E-state index contributed by atoms with van der Waals surface area (Å²) in [6, 6.07) is 20.6.